The van der Waals surface area contributed by atoms with Crippen molar-refractivity contribution >= 4 is 44.8 Å². The monoisotopic (exact) mass is 451 g/mol. The van der Waals surface area contributed by atoms with Gasteiger partial charge in [0.1, 0.15) is 5.75 Å². The molecule has 0 fully saturated rings. The average Bonchev–Trinajstić information content (AvgIpc) is 2.70. The first kappa shape index (κ1) is 21.9. The molecule has 0 radical (unpaired) electrons. The SMILES string of the molecule is CCCNC(=O)c1ccccc1NC(=O)C1CN(S(C)(=O)=O)c2cc(Cl)ccc2O1. The van der Waals surface area contributed by atoms with Crippen molar-refractivity contribution in [2.75, 3.05) is 29.0 Å². The molecule has 1 unspecified atom stereocenters. The number of nitrogens with zero attached hydrogens (tertiary/aromatic N) is 1. The predicted octanol–water partition coefficient (Wildman–Crippen LogP) is 2.65. The van der Waals surface area contributed by atoms with E-state index in [0.29, 0.717) is 22.8 Å². The third-order valence-corrected chi connectivity index (χ3v) is 5.83. The second kappa shape index (κ2) is 8.93. The molecule has 2 N–H and O–H groups in total. The lowest BCUT2D eigenvalue weighted by Gasteiger charge is -2.34. The minimum Gasteiger partial charge on any atom is -0.476 e. The first-order valence-electron chi connectivity index (χ1n) is 9.32. The molecule has 8 nitrogen and oxygen atoms in total. The van der Waals surface area contributed by atoms with Crippen LogP contribution in [0.15, 0.2) is 42.5 Å². The van der Waals surface area contributed by atoms with Crippen molar-refractivity contribution in [3.05, 3.63) is 53.1 Å². The Bertz CT molecular complexity index is 1070. The summed E-state index contributed by atoms with van der Waals surface area (Å²) in [6.45, 7) is 2.23. The number of para-hydroxylation sites is 1. The van der Waals surface area contributed by atoms with E-state index in [4.69, 9.17) is 16.3 Å². The molecule has 1 aliphatic heterocycles. The highest BCUT2D eigenvalue weighted by molar-refractivity contribution is 7.92. The maximum absolute atomic E-state index is 12.9. The van der Waals surface area contributed by atoms with Gasteiger partial charge in [0, 0.05) is 11.6 Å². The van der Waals surface area contributed by atoms with Gasteiger partial charge in [-0.05, 0) is 36.8 Å². The topological polar surface area (TPSA) is 105 Å². The predicted molar refractivity (Wildman–Crippen MR) is 116 cm³/mol. The minimum absolute atomic E-state index is 0.220. The van der Waals surface area contributed by atoms with E-state index in [-0.39, 0.29) is 23.9 Å². The summed E-state index contributed by atoms with van der Waals surface area (Å²) >= 11 is 5.99. The largest absolute Gasteiger partial charge is 0.476 e. The van der Waals surface area contributed by atoms with Crippen LogP contribution >= 0.6 is 11.6 Å². The van der Waals surface area contributed by atoms with E-state index in [1.807, 2.05) is 6.92 Å². The Morgan fingerprint density at radius 2 is 1.97 bits per heavy atom. The highest BCUT2D eigenvalue weighted by Crippen LogP contribution is 2.37. The number of ether oxygens (including phenoxy) is 1. The van der Waals surface area contributed by atoms with Gasteiger partial charge >= 0.3 is 0 Å². The van der Waals surface area contributed by atoms with Gasteiger partial charge in [-0.1, -0.05) is 30.7 Å². The highest BCUT2D eigenvalue weighted by Gasteiger charge is 2.35. The highest BCUT2D eigenvalue weighted by atomic mass is 35.5. The zero-order valence-corrected chi connectivity index (χ0v) is 18.1. The molecule has 30 heavy (non-hydrogen) atoms. The van der Waals surface area contributed by atoms with Crippen molar-refractivity contribution in [1.29, 1.82) is 0 Å². The van der Waals surface area contributed by atoms with Crippen LogP contribution in [0.4, 0.5) is 11.4 Å². The third-order valence-electron chi connectivity index (χ3n) is 4.45. The first-order valence-corrected chi connectivity index (χ1v) is 11.6. The van der Waals surface area contributed by atoms with E-state index < -0.39 is 22.0 Å². The van der Waals surface area contributed by atoms with Gasteiger partial charge in [-0.25, -0.2) is 8.42 Å². The van der Waals surface area contributed by atoms with E-state index in [9.17, 15) is 18.0 Å². The van der Waals surface area contributed by atoms with Crippen molar-refractivity contribution in [2.45, 2.75) is 19.4 Å². The lowest BCUT2D eigenvalue weighted by atomic mass is 10.1. The van der Waals surface area contributed by atoms with Crippen molar-refractivity contribution in [3.63, 3.8) is 0 Å². The maximum Gasteiger partial charge on any atom is 0.267 e. The second-order valence-electron chi connectivity index (χ2n) is 6.80. The lowest BCUT2D eigenvalue weighted by molar-refractivity contribution is -0.122. The van der Waals surface area contributed by atoms with E-state index >= 15 is 0 Å². The van der Waals surface area contributed by atoms with Crippen LogP contribution in [-0.4, -0.2) is 45.7 Å². The number of fused-ring (bicyclic) bond motifs is 1. The lowest BCUT2D eigenvalue weighted by Crippen LogP contribution is -2.48. The van der Waals surface area contributed by atoms with Gasteiger partial charge in [-0.3, -0.25) is 13.9 Å². The number of anilines is 2. The molecule has 1 aliphatic rings. The average molecular weight is 452 g/mol. The molecule has 10 heteroatoms. The number of benzene rings is 2. The molecule has 0 spiro atoms. The fourth-order valence-corrected chi connectivity index (χ4v) is 4.08. The molecule has 0 saturated carbocycles. The van der Waals surface area contributed by atoms with E-state index in [2.05, 4.69) is 10.6 Å². The zero-order valence-electron chi connectivity index (χ0n) is 16.5. The molecule has 2 aromatic carbocycles. The van der Waals surface area contributed by atoms with Crippen LogP contribution in [0, 0.1) is 0 Å². The summed E-state index contributed by atoms with van der Waals surface area (Å²) in [6, 6.07) is 11.1. The number of halogens is 1. The van der Waals surface area contributed by atoms with Crippen molar-refractivity contribution in [1.82, 2.24) is 5.32 Å². The molecule has 160 valence electrons. The Balaban J connectivity index is 1.85. The maximum atomic E-state index is 12.9. The minimum atomic E-state index is -3.68. The third kappa shape index (κ3) is 4.85. The summed E-state index contributed by atoms with van der Waals surface area (Å²) in [7, 11) is -3.68. The fraction of sp³-hybridized carbons (Fsp3) is 0.300. The smallest absolute Gasteiger partial charge is 0.267 e. The number of sulfonamides is 1. The molecular formula is C20H22ClN3O5S. The van der Waals surface area contributed by atoms with Crippen molar-refractivity contribution in [3.8, 4) is 5.75 Å². The van der Waals surface area contributed by atoms with E-state index in [0.717, 1.165) is 17.0 Å². The summed E-state index contributed by atoms with van der Waals surface area (Å²) < 4.78 is 31.4. The molecule has 1 atom stereocenters. The quantitative estimate of drug-likeness (QED) is 0.702. The van der Waals surface area contributed by atoms with Gasteiger partial charge in [0.2, 0.25) is 10.0 Å². The molecule has 2 amide bonds. The number of amides is 2. The molecule has 0 saturated heterocycles. The summed E-state index contributed by atoms with van der Waals surface area (Å²) in [5.74, 6) is -0.653. The van der Waals surface area contributed by atoms with Crippen LogP contribution in [-0.2, 0) is 14.8 Å². The van der Waals surface area contributed by atoms with Gasteiger partial charge in [0.25, 0.3) is 11.8 Å². The number of carbonyl (C=O) groups is 2. The van der Waals surface area contributed by atoms with E-state index in [1.165, 1.54) is 12.1 Å². The van der Waals surface area contributed by atoms with Gasteiger partial charge in [-0.15, -0.1) is 0 Å². The Labute approximate surface area is 180 Å². The van der Waals surface area contributed by atoms with Crippen LogP contribution in [0.2, 0.25) is 5.02 Å². The Kier molecular flexibility index (Phi) is 6.52. The molecule has 0 aliphatic carbocycles. The number of rotatable bonds is 6. The number of nitrogens with one attached hydrogen (secondary N) is 2. The zero-order chi connectivity index (χ0) is 21.9. The number of hydrogen-bond donors (Lipinski definition) is 2. The van der Waals surface area contributed by atoms with E-state index in [1.54, 1.807) is 30.3 Å². The first-order chi connectivity index (χ1) is 14.2. The number of hydrogen-bond acceptors (Lipinski definition) is 5. The van der Waals surface area contributed by atoms with Gasteiger partial charge in [-0.2, -0.15) is 0 Å². The van der Waals surface area contributed by atoms with Crippen LogP contribution in [0.3, 0.4) is 0 Å². The van der Waals surface area contributed by atoms with Crippen molar-refractivity contribution in [2.24, 2.45) is 0 Å². The standard InChI is InChI=1S/C20H22ClN3O5S/c1-3-10-22-19(25)14-6-4-5-7-15(14)23-20(26)18-12-24(30(2,27)28)16-11-13(21)8-9-17(16)29-18/h4-9,11,18H,3,10,12H2,1-2H3,(H,22,25)(H,23,26). The summed E-state index contributed by atoms with van der Waals surface area (Å²) in [4.78, 5) is 25.3. The normalized spacial score (nSPS) is 15.7. The summed E-state index contributed by atoms with van der Waals surface area (Å²) in [5.41, 5.74) is 0.892. The van der Waals surface area contributed by atoms with Gasteiger partial charge in [0.15, 0.2) is 6.10 Å². The molecule has 0 aromatic heterocycles. The van der Waals surface area contributed by atoms with Gasteiger partial charge in [0.05, 0.1) is 29.7 Å². The molecular weight excluding hydrogens is 430 g/mol. The van der Waals surface area contributed by atoms with Crippen LogP contribution in [0.25, 0.3) is 0 Å². The fourth-order valence-electron chi connectivity index (χ4n) is 3.01. The summed E-state index contributed by atoms with van der Waals surface area (Å²) in [5, 5.41) is 5.79. The Morgan fingerprint density at radius 1 is 1.23 bits per heavy atom. The Hall–Kier alpha value is -2.78. The molecule has 1 heterocycles. The van der Waals surface area contributed by atoms with Crippen LogP contribution in [0.1, 0.15) is 23.7 Å². The number of carbonyl (C=O) groups excluding carboxylic acids is 2. The van der Waals surface area contributed by atoms with Crippen LogP contribution < -0.4 is 19.7 Å². The molecule has 2 aromatic rings. The van der Waals surface area contributed by atoms with Crippen LogP contribution in [0.5, 0.6) is 5.75 Å². The van der Waals surface area contributed by atoms with Crippen molar-refractivity contribution < 1.29 is 22.7 Å². The summed E-state index contributed by atoms with van der Waals surface area (Å²) in [6.07, 6.45) is 0.715. The Morgan fingerprint density at radius 3 is 2.67 bits per heavy atom. The molecule has 0 bridgehead atoms. The van der Waals surface area contributed by atoms with Gasteiger partial charge < -0.3 is 15.4 Å². The molecule has 3 rings (SSSR count). The second-order valence-corrected chi connectivity index (χ2v) is 9.15.